The normalized spacial score (nSPS) is 11.8. The zero-order chi connectivity index (χ0) is 12.0. The first kappa shape index (κ1) is 13.8. The van der Waals surface area contributed by atoms with E-state index in [2.05, 4.69) is 50.8 Å². The van der Waals surface area contributed by atoms with Gasteiger partial charge in [-0.1, -0.05) is 49.1 Å². The van der Waals surface area contributed by atoms with Gasteiger partial charge in [0.15, 0.2) is 0 Å². The summed E-state index contributed by atoms with van der Waals surface area (Å²) >= 11 is 1.77. The Balaban J connectivity index is 2.14. The molecule has 0 unspecified atom stereocenters. The van der Waals surface area contributed by atoms with Gasteiger partial charge >= 0.3 is 0 Å². The predicted octanol–water partition coefficient (Wildman–Crippen LogP) is 4.40. The van der Waals surface area contributed by atoms with E-state index in [1.54, 1.807) is 11.8 Å². The van der Waals surface area contributed by atoms with E-state index in [0.717, 1.165) is 12.5 Å². The minimum atomic E-state index is -0.928. The van der Waals surface area contributed by atoms with Crippen molar-refractivity contribution in [3.63, 3.8) is 0 Å². The third-order valence-electron chi connectivity index (χ3n) is 2.33. The number of aryl methyl sites for hydroxylation is 1. The smallest absolute Gasteiger partial charge is 0.0966 e. The van der Waals surface area contributed by atoms with Crippen molar-refractivity contribution in [3.8, 4) is 0 Å². The van der Waals surface area contributed by atoms with Crippen LogP contribution < -0.4 is 0 Å². The molecule has 0 heterocycles. The first-order valence-electron chi connectivity index (χ1n) is 5.75. The molecule has 90 valence electrons. The quantitative estimate of drug-likeness (QED) is 0.322. The van der Waals surface area contributed by atoms with Gasteiger partial charge in [-0.2, -0.15) is 0 Å². The number of hydrogen-bond donors (Lipinski definition) is 0. The van der Waals surface area contributed by atoms with Crippen molar-refractivity contribution in [2.24, 2.45) is 0 Å². The minimum absolute atomic E-state index is 0.771. The van der Waals surface area contributed by atoms with Gasteiger partial charge in [0, 0.05) is 19.6 Å². The maximum Gasteiger partial charge on any atom is 0.0966 e. The summed E-state index contributed by atoms with van der Waals surface area (Å²) in [7, 11) is -0.928. The second-order valence-electron chi connectivity index (χ2n) is 5.29. The topological polar surface area (TPSA) is 9.23 Å². The predicted molar refractivity (Wildman–Crippen MR) is 76.0 cm³/mol. The molecule has 0 saturated heterocycles. The SMILES string of the molecule is Cc1ccc(SCOCC[Si](C)(C)C)cc1. The van der Waals surface area contributed by atoms with Crippen LogP contribution in [0.25, 0.3) is 0 Å². The van der Waals surface area contributed by atoms with Crippen molar-refractivity contribution < 1.29 is 4.74 Å². The molecule has 1 rings (SSSR count). The average molecular weight is 254 g/mol. The summed E-state index contributed by atoms with van der Waals surface area (Å²) in [5.74, 6) is 0.771. The van der Waals surface area contributed by atoms with E-state index in [1.165, 1.54) is 16.5 Å². The van der Waals surface area contributed by atoms with E-state index in [1.807, 2.05) is 0 Å². The van der Waals surface area contributed by atoms with Gasteiger partial charge in [-0.15, -0.1) is 0 Å². The van der Waals surface area contributed by atoms with Crippen LogP contribution in [-0.4, -0.2) is 20.6 Å². The molecular formula is C13H22OSSi. The van der Waals surface area contributed by atoms with E-state index in [0.29, 0.717) is 0 Å². The van der Waals surface area contributed by atoms with Crippen molar-refractivity contribution in [2.75, 3.05) is 12.5 Å². The van der Waals surface area contributed by atoms with Gasteiger partial charge in [-0.05, 0) is 25.1 Å². The first-order chi connectivity index (χ1) is 7.47. The molecule has 1 aromatic rings. The summed E-state index contributed by atoms with van der Waals surface area (Å²) in [5.41, 5.74) is 1.31. The Labute approximate surface area is 105 Å². The zero-order valence-electron chi connectivity index (χ0n) is 10.7. The highest BCUT2D eigenvalue weighted by atomic mass is 32.2. The summed E-state index contributed by atoms with van der Waals surface area (Å²) in [5, 5.41) is 0. The summed E-state index contributed by atoms with van der Waals surface area (Å²) < 4.78 is 5.64. The Morgan fingerprint density at radius 2 is 1.75 bits per heavy atom. The molecule has 0 fully saturated rings. The van der Waals surface area contributed by atoms with Gasteiger partial charge < -0.3 is 4.74 Å². The van der Waals surface area contributed by atoms with E-state index >= 15 is 0 Å². The molecule has 1 nitrogen and oxygen atoms in total. The van der Waals surface area contributed by atoms with Crippen LogP contribution in [0.4, 0.5) is 0 Å². The summed E-state index contributed by atoms with van der Waals surface area (Å²) in [6.07, 6.45) is 0. The van der Waals surface area contributed by atoms with E-state index < -0.39 is 8.07 Å². The molecule has 0 N–H and O–H groups in total. The monoisotopic (exact) mass is 254 g/mol. The third kappa shape index (κ3) is 6.36. The molecule has 0 bridgehead atoms. The molecule has 0 amide bonds. The Bertz CT molecular complexity index is 303. The van der Waals surface area contributed by atoms with Crippen molar-refractivity contribution in [2.45, 2.75) is 37.5 Å². The maximum atomic E-state index is 5.64. The van der Waals surface area contributed by atoms with Gasteiger partial charge in [-0.3, -0.25) is 0 Å². The van der Waals surface area contributed by atoms with Gasteiger partial charge in [0.05, 0.1) is 5.94 Å². The molecule has 1 aromatic carbocycles. The molecule has 0 aliphatic heterocycles. The average Bonchev–Trinajstić information content (AvgIpc) is 2.19. The molecule has 0 aromatic heterocycles. The molecule has 0 atom stereocenters. The highest BCUT2D eigenvalue weighted by molar-refractivity contribution is 7.99. The fraction of sp³-hybridized carbons (Fsp3) is 0.538. The molecule has 16 heavy (non-hydrogen) atoms. The molecule has 0 saturated carbocycles. The number of rotatable bonds is 6. The Kier molecular flexibility index (Phi) is 5.59. The van der Waals surface area contributed by atoms with Gasteiger partial charge in [0.25, 0.3) is 0 Å². The van der Waals surface area contributed by atoms with Crippen molar-refractivity contribution in [1.29, 1.82) is 0 Å². The standard InChI is InChI=1S/C13H22OSSi/c1-12-5-7-13(8-6-12)15-11-14-9-10-16(2,3)4/h5-8H,9-11H2,1-4H3. The van der Waals surface area contributed by atoms with E-state index in [4.69, 9.17) is 4.74 Å². The van der Waals surface area contributed by atoms with E-state index in [-0.39, 0.29) is 0 Å². The Morgan fingerprint density at radius 3 is 2.31 bits per heavy atom. The molecule has 0 radical (unpaired) electrons. The van der Waals surface area contributed by atoms with Crippen LogP contribution in [0.15, 0.2) is 29.2 Å². The fourth-order valence-corrected chi connectivity index (χ4v) is 2.60. The molecular weight excluding hydrogens is 232 g/mol. The second-order valence-corrected chi connectivity index (χ2v) is 11.9. The molecule has 3 heteroatoms. The van der Waals surface area contributed by atoms with Crippen molar-refractivity contribution in [3.05, 3.63) is 29.8 Å². The highest BCUT2D eigenvalue weighted by Gasteiger charge is 2.11. The molecule has 0 aliphatic rings. The highest BCUT2D eigenvalue weighted by Crippen LogP contribution is 2.18. The second kappa shape index (κ2) is 6.47. The van der Waals surface area contributed by atoms with Crippen LogP contribution >= 0.6 is 11.8 Å². The lowest BCUT2D eigenvalue weighted by molar-refractivity contribution is 0.198. The fourth-order valence-electron chi connectivity index (χ4n) is 1.18. The maximum absolute atomic E-state index is 5.64. The lowest BCUT2D eigenvalue weighted by atomic mass is 10.2. The zero-order valence-corrected chi connectivity index (χ0v) is 12.6. The largest absolute Gasteiger partial charge is 0.371 e. The van der Waals surface area contributed by atoms with Crippen LogP contribution in [0.3, 0.4) is 0 Å². The van der Waals surface area contributed by atoms with Crippen molar-refractivity contribution in [1.82, 2.24) is 0 Å². The van der Waals surface area contributed by atoms with Gasteiger partial charge in [0.1, 0.15) is 0 Å². The van der Waals surface area contributed by atoms with Gasteiger partial charge in [0.2, 0.25) is 0 Å². The third-order valence-corrected chi connectivity index (χ3v) is 4.92. The number of thioether (sulfide) groups is 1. The van der Waals surface area contributed by atoms with Crippen molar-refractivity contribution >= 4 is 19.8 Å². The number of ether oxygens (including phenoxy) is 1. The minimum Gasteiger partial charge on any atom is -0.371 e. The summed E-state index contributed by atoms with van der Waals surface area (Å²) in [4.78, 5) is 1.29. The number of benzene rings is 1. The lowest BCUT2D eigenvalue weighted by Crippen LogP contribution is -2.21. The van der Waals surface area contributed by atoms with Gasteiger partial charge in [-0.25, -0.2) is 0 Å². The lowest BCUT2D eigenvalue weighted by Gasteiger charge is -2.15. The van der Waals surface area contributed by atoms with Crippen LogP contribution in [0, 0.1) is 6.92 Å². The first-order valence-corrected chi connectivity index (χ1v) is 10.4. The molecule has 0 spiro atoms. The van der Waals surface area contributed by atoms with Crippen LogP contribution in [0.1, 0.15) is 5.56 Å². The van der Waals surface area contributed by atoms with Crippen LogP contribution in [-0.2, 0) is 4.74 Å². The Morgan fingerprint density at radius 1 is 1.12 bits per heavy atom. The molecule has 0 aliphatic carbocycles. The summed E-state index contributed by atoms with van der Waals surface area (Å²) in [6, 6.07) is 9.85. The summed E-state index contributed by atoms with van der Waals surface area (Å²) in [6.45, 7) is 10.2. The Hall–Kier alpha value is -0.253. The number of hydrogen-bond acceptors (Lipinski definition) is 2. The van der Waals surface area contributed by atoms with E-state index in [9.17, 15) is 0 Å². The van der Waals surface area contributed by atoms with Crippen LogP contribution in [0.5, 0.6) is 0 Å². The van der Waals surface area contributed by atoms with Crippen LogP contribution in [0.2, 0.25) is 25.7 Å².